The predicted octanol–water partition coefficient (Wildman–Crippen LogP) is 1.11. The molecule has 3 rings (SSSR count). The van der Waals surface area contributed by atoms with Crippen LogP contribution in [0.25, 0.3) is 0 Å². The summed E-state index contributed by atoms with van der Waals surface area (Å²) in [6.07, 6.45) is 1.33. The van der Waals surface area contributed by atoms with Crippen LogP contribution in [0, 0.1) is 5.92 Å². The molecule has 0 aliphatic carbocycles. The zero-order valence-corrected chi connectivity index (χ0v) is 11.2. The molecule has 1 aromatic heterocycles. The van der Waals surface area contributed by atoms with Crippen molar-refractivity contribution in [2.75, 3.05) is 20.1 Å². The number of amides is 2. The van der Waals surface area contributed by atoms with E-state index in [0.29, 0.717) is 19.5 Å². The van der Waals surface area contributed by atoms with Crippen LogP contribution in [0.2, 0.25) is 0 Å². The predicted molar refractivity (Wildman–Crippen MR) is 69.2 cm³/mol. The van der Waals surface area contributed by atoms with Gasteiger partial charge in [0.15, 0.2) is 0 Å². The first-order valence-corrected chi connectivity index (χ1v) is 7.11. The standard InChI is InChI=1S/C13H16N2O2S/c1-14-7-10(6-12(14)16)13(17)15-4-2-11-9(8-15)3-5-18-11/h3,5,10H,2,4,6-8H2,1H3/t10-/m0/s1. The van der Waals surface area contributed by atoms with Gasteiger partial charge in [0.25, 0.3) is 0 Å². The van der Waals surface area contributed by atoms with Crippen molar-refractivity contribution in [3.05, 3.63) is 21.9 Å². The quantitative estimate of drug-likeness (QED) is 0.762. The second-order valence-corrected chi connectivity index (χ2v) is 6.05. The van der Waals surface area contributed by atoms with Crippen molar-refractivity contribution in [1.82, 2.24) is 9.80 Å². The largest absolute Gasteiger partial charge is 0.345 e. The Morgan fingerprint density at radius 1 is 1.50 bits per heavy atom. The highest BCUT2D eigenvalue weighted by Gasteiger charge is 2.35. The highest BCUT2D eigenvalue weighted by molar-refractivity contribution is 7.10. The van der Waals surface area contributed by atoms with E-state index in [1.54, 1.807) is 23.3 Å². The van der Waals surface area contributed by atoms with Crippen LogP contribution in [0.3, 0.4) is 0 Å². The van der Waals surface area contributed by atoms with Gasteiger partial charge >= 0.3 is 0 Å². The lowest BCUT2D eigenvalue weighted by atomic mass is 10.0. The average molecular weight is 264 g/mol. The van der Waals surface area contributed by atoms with Gasteiger partial charge in [0.1, 0.15) is 0 Å². The minimum atomic E-state index is -0.136. The summed E-state index contributed by atoms with van der Waals surface area (Å²) < 4.78 is 0. The minimum absolute atomic E-state index is 0.0848. The van der Waals surface area contributed by atoms with Crippen LogP contribution < -0.4 is 0 Å². The monoisotopic (exact) mass is 264 g/mol. The Labute approximate surface area is 110 Å². The molecule has 18 heavy (non-hydrogen) atoms. The summed E-state index contributed by atoms with van der Waals surface area (Å²) >= 11 is 1.77. The fourth-order valence-electron chi connectivity index (χ4n) is 2.72. The fraction of sp³-hybridized carbons (Fsp3) is 0.538. The molecule has 3 heterocycles. The van der Waals surface area contributed by atoms with Crippen LogP contribution in [0.1, 0.15) is 16.9 Å². The minimum Gasteiger partial charge on any atom is -0.345 e. The van der Waals surface area contributed by atoms with Crippen molar-refractivity contribution in [3.8, 4) is 0 Å². The maximum atomic E-state index is 12.4. The molecule has 1 aromatic rings. The SMILES string of the molecule is CN1C[C@@H](C(=O)N2CCc3sccc3C2)CC1=O. The normalized spacial score (nSPS) is 23.4. The molecule has 0 aromatic carbocycles. The number of hydrogen-bond donors (Lipinski definition) is 0. The van der Waals surface area contributed by atoms with E-state index < -0.39 is 0 Å². The maximum Gasteiger partial charge on any atom is 0.228 e. The average Bonchev–Trinajstić information content (AvgIpc) is 2.95. The number of nitrogens with zero attached hydrogens (tertiary/aromatic N) is 2. The molecule has 1 saturated heterocycles. The molecule has 1 atom stereocenters. The number of likely N-dealkylation sites (tertiary alicyclic amines) is 1. The Morgan fingerprint density at radius 3 is 3.06 bits per heavy atom. The number of carbonyl (C=O) groups excluding carboxylic acids is 2. The third-order valence-corrected chi connectivity index (χ3v) is 4.83. The lowest BCUT2D eigenvalue weighted by Crippen LogP contribution is -2.40. The van der Waals surface area contributed by atoms with Crippen molar-refractivity contribution in [3.63, 3.8) is 0 Å². The number of rotatable bonds is 1. The molecule has 96 valence electrons. The van der Waals surface area contributed by atoms with E-state index in [4.69, 9.17) is 0 Å². The topological polar surface area (TPSA) is 40.6 Å². The van der Waals surface area contributed by atoms with Gasteiger partial charge in [-0.3, -0.25) is 9.59 Å². The summed E-state index contributed by atoms with van der Waals surface area (Å²) in [5.41, 5.74) is 1.28. The molecule has 2 aliphatic rings. The van der Waals surface area contributed by atoms with Crippen molar-refractivity contribution < 1.29 is 9.59 Å². The third-order valence-electron chi connectivity index (χ3n) is 3.81. The zero-order chi connectivity index (χ0) is 12.7. The van der Waals surface area contributed by atoms with Crippen LogP contribution >= 0.6 is 11.3 Å². The lowest BCUT2D eigenvalue weighted by molar-refractivity contribution is -0.136. The summed E-state index contributed by atoms with van der Waals surface area (Å²) in [5, 5.41) is 2.09. The van der Waals surface area contributed by atoms with Crippen molar-refractivity contribution in [2.24, 2.45) is 5.92 Å². The molecular weight excluding hydrogens is 248 g/mol. The van der Waals surface area contributed by atoms with E-state index in [2.05, 4.69) is 11.4 Å². The number of hydrogen-bond acceptors (Lipinski definition) is 3. The first-order chi connectivity index (χ1) is 8.65. The second kappa shape index (κ2) is 4.39. The highest BCUT2D eigenvalue weighted by Crippen LogP contribution is 2.26. The van der Waals surface area contributed by atoms with E-state index in [-0.39, 0.29) is 17.7 Å². The van der Waals surface area contributed by atoms with E-state index in [1.165, 1.54) is 10.4 Å². The first kappa shape index (κ1) is 11.7. The van der Waals surface area contributed by atoms with Crippen LogP contribution in [0.15, 0.2) is 11.4 Å². The molecule has 0 unspecified atom stereocenters. The van der Waals surface area contributed by atoms with Gasteiger partial charge in [-0.2, -0.15) is 0 Å². The lowest BCUT2D eigenvalue weighted by Gasteiger charge is -2.29. The molecule has 1 fully saturated rings. The molecular formula is C13H16N2O2S. The smallest absolute Gasteiger partial charge is 0.228 e. The molecule has 2 aliphatic heterocycles. The van der Waals surface area contributed by atoms with Gasteiger partial charge in [-0.15, -0.1) is 11.3 Å². The maximum absolute atomic E-state index is 12.4. The Morgan fingerprint density at radius 2 is 2.33 bits per heavy atom. The molecule has 4 nitrogen and oxygen atoms in total. The summed E-state index contributed by atoms with van der Waals surface area (Å²) in [5.74, 6) is 0.0915. The molecule has 0 saturated carbocycles. The van der Waals surface area contributed by atoms with Crippen molar-refractivity contribution in [2.45, 2.75) is 19.4 Å². The van der Waals surface area contributed by atoms with Crippen molar-refractivity contribution in [1.29, 1.82) is 0 Å². The molecule has 5 heteroatoms. The molecule has 2 amide bonds. The highest BCUT2D eigenvalue weighted by atomic mass is 32.1. The van der Waals surface area contributed by atoms with Gasteiger partial charge in [0.2, 0.25) is 11.8 Å². The van der Waals surface area contributed by atoms with Crippen LogP contribution in [0.4, 0.5) is 0 Å². The Kier molecular flexibility index (Phi) is 2.86. The second-order valence-electron chi connectivity index (χ2n) is 5.05. The first-order valence-electron chi connectivity index (χ1n) is 6.23. The third kappa shape index (κ3) is 1.92. The van der Waals surface area contributed by atoms with Gasteiger partial charge in [0.05, 0.1) is 5.92 Å². The Bertz CT molecular complexity index is 497. The molecule has 0 spiro atoms. The molecule has 0 bridgehead atoms. The van der Waals surface area contributed by atoms with E-state index in [9.17, 15) is 9.59 Å². The van der Waals surface area contributed by atoms with E-state index >= 15 is 0 Å². The van der Waals surface area contributed by atoms with Crippen LogP contribution in [-0.4, -0.2) is 41.8 Å². The number of thiophene rings is 1. The molecule has 0 N–H and O–H groups in total. The summed E-state index contributed by atoms with van der Waals surface area (Å²) in [7, 11) is 1.77. The molecule has 0 radical (unpaired) electrons. The van der Waals surface area contributed by atoms with Gasteiger partial charge < -0.3 is 9.80 Å². The van der Waals surface area contributed by atoms with Crippen LogP contribution in [0.5, 0.6) is 0 Å². The number of carbonyl (C=O) groups is 2. The van der Waals surface area contributed by atoms with Gasteiger partial charge in [0, 0.05) is 38.0 Å². The Hall–Kier alpha value is -1.36. The zero-order valence-electron chi connectivity index (χ0n) is 10.4. The van der Waals surface area contributed by atoms with Crippen LogP contribution in [-0.2, 0) is 22.6 Å². The fourth-order valence-corrected chi connectivity index (χ4v) is 3.61. The van der Waals surface area contributed by atoms with Gasteiger partial charge in [-0.05, 0) is 23.4 Å². The summed E-state index contributed by atoms with van der Waals surface area (Å²) in [6.45, 7) is 2.08. The van der Waals surface area contributed by atoms with Gasteiger partial charge in [-0.1, -0.05) is 0 Å². The van der Waals surface area contributed by atoms with Gasteiger partial charge in [-0.25, -0.2) is 0 Å². The van der Waals surface area contributed by atoms with Crippen molar-refractivity contribution >= 4 is 23.2 Å². The Balaban J connectivity index is 1.70. The van der Waals surface area contributed by atoms with E-state index in [1.807, 2.05) is 4.90 Å². The summed E-state index contributed by atoms with van der Waals surface area (Å²) in [6, 6.07) is 2.10. The number of fused-ring (bicyclic) bond motifs is 1. The van der Waals surface area contributed by atoms with E-state index in [0.717, 1.165) is 13.0 Å². The summed E-state index contributed by atoms with van der Waals surface area (Å²) in [4.78, 5) is 28.8.